The molecular formula is C20H20N4. The molecule has 120 valence electrons. The van der Waals surface area contributed by atoms with E-state index in [-0.39, 0.29) is 5.41 Å². The lowest BCUT2D eigenvalue weighted by molar-refractivity contribution is 0.171. The number of hydrogen-bond acceptors (Lipinski definition) is 3. The predicted octanol–water partition coefficient (Wildman–Crippen LogP) is 3.99. The molecule has 4 heteroatoms. The van der Waals surface area contributed by atoms with Gasteiger partial charge in [0, 0.05) is 0 Å². The molecule has 0 spiro atoms. The zero-order chi connectivity index (χ0) is 17.2. The summed E-state index contributed by atoms with van der Waals surface area (Å²) in [4.78, 5) is 4.19. The van der Waals surface area contributed by atoms with E-state index in [2.05, 4.69) is 49.1 Å². The van der Waals surface area contributed by atoms with Crippen molar-refractivity contribution in [3.63, 3.8) is 0 Å². The summed E-state index contributed by atoms with van der Waals surface area (Å²) in [6, 6.07) is 20.2. The summed E-state index contributed by atoms with van der Waals surface area (Å²) in [5.74, 6) is 0. The lowest BCUT2D eigenvalue weighted by Gasteiger charge is -2.45. The van der Waals surface area contributed by atoms with Crippen LogP contribution in [0.2, 0.25) is 0 Å². The van der Waals surface area contributed by atoms with Gasteiger partial charge in [-0.2, -0.15) is 10.4 Å². The van der Waals surface area contributed by atoms with Gasteiger partial charge in [0.1, 0.15) is 18.2 Å². The molecule has 1 aromatic heterocycles. The van der Waals surface area contributed by atoms with Crippen molar-refractivity contribution in [1.82, 2.24) is 14.8 Å². The maximum atomic E-state index is 9.11. The average molecular weight is 316 g/mol. The van der Waals surface area contributed by atoms with Crippen LogP contribution in [0.1, 0.15) is 37.5 Å². The molecule has 4 nitrogen and oxygen atoms in total. The van der Waals surface area contributed by atoms with Gasteiger partial charge in [-0.15, -0.1) is 0 Å². The van der Waals surface area contributed by atoms with Gasteiger partial charge in [-0.1, -0.05) is 63.2 Å². The van der Waals surface area contributed by atoms with E-state index in [9.17, 15) is 0 Å². The Balaban J connectivity index is 2.37. The highest BCUT2D eigenvalue weighted by Crippen LogP contribution is 2.47. The molecule has 0 N–H and O–H groups in total. The van der Waals surface area contributed by atoms with Crippen LogP contribution in [-0.2, 0) is 5.54 Å². The maximum Gasteiger partial charge on any atom is 0.137 e. The zero-order valence-corrected chi connectivity index (χ0v) is 14.1. The van der Waals surface area contributed by atoms with E-state index >= 15 is 0 Å². The molecule has 1 atom stereocenters. The summed E-state index contributed by atoms with van der Waals surface area (Å²) >= 11 is 0. The largest absolute Gasteiger partial charge is 0.237 e. The molecule has 0 saturated carbocycles. The highest BCUT2D eigenvalue weighted by atomic mass is 15.4. The zero-order valence-electron chi connectivity index (χ0n) is 14.1. The van der Waals surface area contributed by atoms with Gasteiger partial charge in [-0.3, -0.25) is 0 Å². The second kappa shape index (κ2) is 5.93. The summed E-state index contributed by atoms with van der Waals surface area (Å²) in [7, 11) is 0. The molecular weight excluding hydrogens is 296 g/mol. The summed E-state index contributed by atoms with van der Waals surface area (Å²) in [6.45, 7) is 6.58. The van der Waals surface area contributed by atoms with E-state index in [1.54, 1.807) is 12.7 Å². The van der Waals surface area contributed by atoms with E-state index in [0.717, 1.165) is 11.1 Å². The van der Waals surface area contributed by atoms with E-state index in [4.69, 9.17) is 5.26 Å². The van der Waals surface area contributed by atoms with Crippen LogP contribution < -0.4 is 0 Å². The molecule has 1 heterocycles. The van der Waals surface area contributed by atoms with Crippen molar-refractivity contribution in [2.45, 2.75) is 26.3 Å². The normalized spacial score (nSPS) is 13.9. The van der Waals surface area contributed by atoms with Crippen molar-refractivity contribution >= 4 is 0 Å². The minimum absolute atomic E-state index is 0.184. The summed E-state index contributed by atoms with van der Waals surface area (Å²) in [5, 5.41) is 13.6. The molecule has 24 heavy (non-hydrogen) atoms. The van der Waals surface area contributed by atoms with Gasteiger partial charge in [0.25, 0.3) is 0 Å². The number of aromatic nitrogens is 3. The first-order valence-electron chi connectivity index (χ1n) is 7.91. The van der Waals surface area contributed by atoms with Crippen molar-refractivity contribution in [2.24, 2.45) is 5.41 Å². The second-order valence-corrected chi connectivity index (χ2v) is 6.86. The molecule has 0 bridgehead atoms. The fourth-order valence-corrected chi connectivity index (χ4v) is 3.49. The minimum Gasteiger partial charge on any atom is -0.237 e. The highest BCUT2D eigenvalue weighted by Gasteiger charge is 2.47. The Bertz CT molecular complexity index is 837. The first kappa shape index (κ1) is 15.9. The third-order valence-corrected chi connectivity index (χ3v) is 4.47. The van der Waals surface area contributed by atoms with Crippen molar-refractivity contribution in [1.29, 1.82) is 5.26 Å². The van der Waals surface area contributed by atoms with Crippen LogP contribution in [-0.4, -0.2) is 14.8 Å². The van der Waals surface area contributed by atoms with Crippen LogP contribution in [0.3, 0.4) is 0 Å². The number of rotatable bonds is 3. The van der Waals surface area contributed by atoms with Crippen molar-refractivity contribution in [3.05, 3.63) is 83.9 Å². The molecule has 0 aliphatic heterocycles. The minimum atomic E-state index is -0.529. The summed E-state index contributed by atoms with van der Waals surface area (Å²) in [5.41, 5.74) is 2.14. The van der Waals surface area contributed by atoms with Crippen molar-refractivity contribution in [3.8, 4) is 6.07 Å². The summed E-state index contributed by atoms with van der Waals surface area (Å²) < 4.78 is 1.92. The van der Waals surface area contributed by atoms with Crippen LogP contribution in [0.4, 0.5) is 0 Å². The monoisotopic (exact) mass is 316 g/mol. The molecule has 3 aromatic rings. The third-order valence-electron chi connectivity index (χ3n) is 4.47. The molecule has 0 aliphatic rings. The van der Waals surface area contributed by atoms with Crippen LogP contribution in [0.25, 0.3) is 0 Å². The fraction of sp³-hybridized carbons (Fsp3) is 0.250. The third kappa shape index (κ3) is 2.39. The Morgan fingerprint density at radius 3 is 2.04 bits per heavy atom. The Morgan fingerprint density at radius 2 is 1.54 bits per heavy atom. The molecule has 0 amide bonds. The van der Waals surface area contributed by atoms with E-state index in [1.807, 2.05) is 47.1 Å². The first-order valence-corrected chi connectivity index (χ1v) is 7.91. The number of nitriles is 1. The molecule has 3 rings (SSSR count). The predicted molar refractivity (Wildman–Crippen MR) is 93.3 cm³/mol. The standard InChI is InChI=1S/C20H20N4/c1-19(2,3)20(24-15-22-14-23-24,17-7-5-4-6-8-17)18-11-9-16(13-21)10-12-18/h4-12,14-15H,1-3H3. The Kier molecular flexibility index (Phi) is 3.94. The Labute approximate surface area is 142 Å². The fourth-order valence-electron chi connectivity index (χ4n) is 3.49. The molecule has 0 aliphatic carbocycles. The van der Waals surface area contributed by atoms with E-state index < -0.39 is 5.54 Å². The van der Waals surface area contributed by atoms with E-state index in [0.29, 0.717) is 5.56 Å². The second-order valence-electron chi connectivity index (χ2n) is 6.86. The quantitative estimate of drug-likeness (QED) is 0.734. The highest BCUT2D eigenvalue weighted by molar-refractivity contribution is 5.44. The molecule has 1 unspecified atom stereocenters. The van der Waals surface area contributed by atoms with Crippen LogP contribution in [0.15, 0.2) is 67.3 Å². The van der Waals surface area contributed by atoms with Gasteiger partial charge in [0.15, 0.2) is 0 Å². The molecule has 2 aromatic carbocycles. The molecule has 0 radical (unpaired) electrons. The Morgan fingerprint density at radius 1 is 0.917 bits per heavy atom. The van der Waals surface area contributed by atoms with Crippen LogP contribution in [0, 0.1) is 16.7 Å². The molecule has 0 fully saturated rings. The SMILES string of the molecule is CC(C)(C)C(c1ccccc1)(c1ccc(C#N)cc1)n1cncn1. The van der Waals surface area contributed by atoms with Gasteiger partial charge in [-0.05, 0) is 28.7 Å². The maximum absolute atomic E-state index is 9.11. The van der Waals surface area contributed by atoms with Gasteiger partial charge in [0.05, 0.1) is 11.6 Å². The van der Waals surface area contributed by atoms with Gasteiger partial charge >= 0.3 is 0 Å². The number of benzene rings is 2. The first-order chi connectivity index (χ1) is 11.5. The lowest BCUT2D eigenvalue weighted by atomic mass is 9.65. The van der Waals surface area contributed by atoms with Gasteiger partial charge in [-0.25, -0.2) is 9.67 Å². The van der Waals surface area contributed by atoms with Crippen LogP contribution in [0.5, 0.6) is 0 Å². The van der Waals surface area contributed by atoms with Crippen LogP contribution >= 0.6 is 0 Å². The summed E-state index contributed by atoms with van der Waals surface area (Å²) in [6.07, 6.45) is 3.32. The average Bonchev–Trinajstić information content (AvgIpc) is 3.10. The Hall–Kier alpha value is -2.93. The topological polar surface area (TPSA) is 54.5 Å². The van der Waals surface area contributed by atoms with E-state index in [1.165, 1.54) is 0 Å². The number of nitrogens with zero attached hydrogens (tertiary/aromatic N) is 4. The number of hydrogen-bond donors (Lipinski definition) is 0. The van der Waals surface area contributed by atoms with Gasteiger partial charge < -0.3 is 0 Å². The van der Waals surface area contributed by atoms with Crippen molar-refractivity contribution in [2.75, 3.05) is 0 Å². The van der Waals surface area contributed by atoms with Crippen molar-refractivity contribution < 1.29 is 0 Å². The molecule has 0 saturated heterocycles. The lowest BCUT2D eigenvalue weighted by Crippen LogP contribution is -2.48. The smallest absolute Gasteiger partial charge is 0.137 e. The van der Waals surface area contributed by atoms with Gasteiger partial charge in [0.2, 0.25) is 0 Å².